The molecule has 3 rings (SSSR count). The van der Waals surface area contributed by atoms with E-state index in [2.05, 4.69) is 66.3 Å². The molecule has 1 fully saturated rings. The topological polar surface area (TPSA) is 32.3 Å². The molecular formula is C16H19BrN4. The third-order valence-electron chi connectivity index (χ3n) is 3.78. The van der Waals surface area contributed by atoms with E-state index in [0.29, 0.717) is 0 Å². The van der Waals surface area contributed by atoms with Crippen LogP contribution in [-0.4, -0.2) is 41.3 Å². The summed E-state index contributed by atoms with van der Waals surface area (Å²) in [6, 6.07) is 12.6. The quantitative estimate of drug-likeness (QED) is 0.855. The lowest BCUT2D eigenvalue weighted by atomic mass is 10.2. The third kappa shape index (κ3) is 3.80. The average Bonchev–Trinajstić information content (AvgIpc) is 2.49. The second-order valence-electron chi connectivity index (χ2n) is 5.43. The summed E-state index contributed by atoms with van der Waals surface area (Å²) in [7, 11) is 0. The summed E-state index contributed by atoms with van der Waals surface area (Å²) in [5.74, 6) is 0.989. The fraction of sp³-hybridized carbons (Fsp3) is 0.375. The Morgan fingerprint density at radius 2 is 1.86 bits per heavy atom. The lowest BCUT2D eigenvalue weighted by Gasteiger charge is -2.35. The minimum atomic E-state index is 0.965. The van der Waals surface area contributed by atoms with Crippen molar-refractivity contribution in [3.63, 3.8) is 0 Å². The maximum Gasteiger partial charge on any atom is 0.151 e. The second-order valence-corrected chi connectivity index (χ2v) is 6.34. The van der Waals surface area contributed by atoms with Crippen molar-refractivity contribution in [3.8, 4) is 0 Å². The number of piperazine rings is 1. The Bertz CT molecular complexity index is 591. The highest BCUT2D eigenvalue weighted by atomic mass is 79.9. The average molecular weight is 347 g/mol. The lowest BCUT2D eigenvalue weighted by molar-refractivity contribution is 0.249. The van der Waals surface area contributed by atoms with Crippen LogP contribution < -0.4 is 4.90 Å². The first kappa shape index (κ1) is 14.5. The first-order chi connectivity index (χ1) is 10.2. The van der Waals surface area contributed by atoms with Crippen LogP contribution in [0.5, 0.6) is 0 Å². The van der Waals surface area contributed by atoms with Crippen LogP contribution in [0.15, 0.2) is 40.9 Å². The van der Waals surface area contributed by atoms with Gasteiger partial charge >= 0.3 is 0 Å². The van der Waals surface area contributed by atoms with E-state index < -0.39 is 0 Å². The maximum absolute atomic E-state index is 4.27. The zero-order valence-corrected chi connectivity index (χ0v) is 13.8. The maximum atomic E-state index is 4.27. The summed E-state index contributed by atoms with van der Waals surface area (Å²) in [6.07, 6.45) is 0. The third-order valence-corrected chi connectivity index (χ3v) is 4.27. The molecule has 2 aromatic rings. The van der Waals surface area contributed by atoms with Crippen LogP contribution in [0.3, 0.4) is 0 Å². The van der Waals surface area contributed by atoms with Gasteiger partial charge in [0.25, 0.3) is 0 Å². The minimum Gasteiger partial charge on any atom is -0.353 e. The van der Waals surface area contributed by atoms with Crippen molar-refractivity contribution in [1.29, 1.82) is 0 Å². The zero-order valence-electron chi connectivity index (χ0n) is 12.2. The molecule has 0 unspecified atom stereocenters. The molecule has 5 heteroatoms. The van der Waals surface area contributed by atoms with Gasteiger partial charge in [-0.2, -0.15) is 5.10 Å². The fourth-order valence-electron chi connectivity index (χ4n) is 2.59. The van der Waals surface area contributed by atoms with E-state index >= 15 is 0 Å². The van der Waals surface area contributed by atoms with Crippen molar-refractivity contribution in [2.75, 3.05) is 31.1 Å². The minimum absolute atomic E-state index is 0.965. The van der Waals surface area contributed by atoms with E-state index in [1.807, 2.05) is 13.0 Å². The number of nitrogens with zero attached hydrogens (tertiary/aromatic N) is 4. The summed E-state index contributed by atoms with van der Waals surface area (Å²) in [4.78, 5) is 4.80. The monoisotopic (exact) mass is 346 g/mol. The van der Waals surface area contributed by atoms with E-state index in [0.717, 1.165) is 48.7 Å². The molecule has 1 aliphatic rings. The van der Waals surface area contributed by atoms with Gasteiger partial charge in [0.05, 0.1) is 5.69 Å². The van der Waals surface area contributed by atoms with Gasteiger partial charge < -0.3 is 4.90 Å². The number of aryl methyl sites for hydroxylation is 1. The number of anilines is 1. The Morgan fingerprint density at radius 3 is 2.52 bits per heavy atom. The summed E-state index contributed by atoms with van der Waals surface area (Å²) in [5, 5.41) is 8.41. The summed E-state index contributed by atoms with van der Waals surface area (Å²) < 4.78 is 1.15. The summed E-state index contributed by atoms with van der Waals surface area (Å²) in [6.45, 7) is 7.10. The van der Waals surface area contributed by atoms with Gasteiger partial charge in [0.1, 0.15) is 0 Å². The highest BCUT2D eigenvalue weighted by Crippen LogP contribution is 2.16. The first-order valence-electron chi connectivity index (χ1n) is 7.23. The fourth-order valence-corrected chi connectivity index (χ4v) is 3.04. The van der Waals surface area contributed by atoms with Gasteiger partial charge in [-0.25, -0.2) is 0 Å². The van der Waals surface area contributed by atoms with Gasteiger partial charge in [-0.1, -0.05) is 28.1 Å². The van der Waals surface area contributed by atoms with Crippen LogP contribution in [0.1, 0.15) is 11.3 Å². The van der Waals surface area contributed by atoms with Crippen molar-refractivity contribution < 1.29 is 0 Å². The molecule has 0 aliphatic carbocycles. The molecule has 0 amide bonds. The van der Waals surface area contributed by atoms with Crippen molar-refractivity contribution in [3.05, 3.63) is 52.1 Å². The Labute approximate surface area is 133 Å². The SMILES string of the molecule is Cc1ccc(N2CCN(Cc3cccc(Br)c3)CC2)nn1. The molecule has 1 aromatic carbocycles. The summed E-state index contributed by atoms with van der Waals surface area (Å²) >= 11 is 3.53. The van der Waals surface area contributed by atoms with E-state index in [-0.39, 0.29) is 0 Å². The number of rotatable bonds is 3. The van der Waals surface area contributed by atoms with Crippen molar-refractivity contribution in [2.24, 2.45) is 0 Å². The molecule has 0 spiro atoms. The summed E-state index contributed by atoms with van der Waals surface area (Å²) in [5.41, 5.74) is 2.32. The highest BCUT2D eigenvalue weighted by Gasteiger charge is 2.18. The molecule has 1 aromatic heterocycles. The zero-order chi connectivity index (χ0) is 14.7. The van der Waals surface area contributed by atoms with E-state index in [4.69, 9.17) is 0 Å². The molecule has 21 heavy (non-hydrogen) atoms. The molecule has 0 atom stereocenters. The number of hydrogen-bond acceptors (Lipinski definition) is 4. The molecular weight excluding hydrogens is 328 g/mol. The normalized spacial score (nSPS) is 16.2. The molecule has 0 bridgehead atoms. The first-order valence-corrected chi connectivity index (χ1v) is 8.02. The van der Waals surface area contributed by atoms with Crippen LogP contribution in [0.2, 0.25) is 0 Å². The molecule has 110 valence electrons. The second kappa shape index (κ2) is 6.54. The van der Waals surface area contributed by atoms with Gasteiger partial charge in [0.2, 0.25) is 0 Å². The van der Waals surface area contributed by atoms with Crippen LogP contribution in [0.4, 0.5) is 5.82 Å². The number of hydrogen-bond donors (Lipinski definition) is 0. The molecule has 1 saturated heterocycles. The van der Waals surface area contributed by atoms with Crippen LogP contribution in [0.25, 0.3) is 0 Å². The van der Waals surface area contributed by atoms with Crippen LogP contribution in [-0.2, 0) is 6.54 Å². The Hall–Kier alpha value is -1.46. The van der Waals surface area contributed by atoms with Gasteiger partial charge in [-0.3, -0.25) is 4.90 Å². The highest BCUT2D eigenvalue weighted by molar-refractivity contribution is 9.10. The van der Waals surface area contributed by atoms with Crippen molar-refractivity contribution in [2.45, 2.75) is 13.5 Å². The van der Waals surface area contributed by atoms with Gasteiger partial charge in [0.15, 0.2) is 5.82 Å². The van der Waals surface area contributed by atoms with Crippen molar-refractivity contribution >= 4 is 21.7 Å². The van der Waals surface area contributed by atoms with Gasteiger partial charge in [-0.05, 0) is 36.8 Å². The van der Waals surface area contributed by atoms with E-state index in [9.17, 15) is 0 Å². The molecule has 0 saturated carbocycles. The van der Waals surface area contributed by atoms with E-state index in [1.165, 1.54) is 5.56 Å². The van der Waals surface area contributed by atoms with Gasteiger partial charge in [-0.15, -0.1) is 5.10 Å². The number of benzene rings is 1. The smallest absolute Gasteiger partial charge is 0.151 e. The van der Waals surface area contributed by atoms with Gasteiger partial charge in [0, 0.05) is 37.2 Å². The Morgan fingerprint density at radius 1 is 1.05 bits per heavy atom. The van der Waals surface area contributed by atoms with Crippen LogP contribution >= 0.6 is 15.9 Å². The van der Waals surface area contributed by atoms with E-state index in [1.54, 1.807) is 0 Å². The number of aromatic nitrogens is 2. The standard InChI is InChI=1S/C16H19BrN4/c1-13-5-6-16(19-18-13)21-9-7-20(8-10-21)12-14-3-2-4-15(17)11-14/h2-6,11H,7-10,12H2,1H3. The Balaban J connectivity index is 1.56. The lowest BCUT2D eigenvalue weighted by Crippen LogP contribution is -2.46. The molecule has 4 nitrogen and oxygen atoms in total. The largest absolute Gasteiger partial charge is 0.353 e. The van der Waals surface area contributed by atoms with Crippen LogP contribution in [0, 0.1) is 6.92 Å². The molecule has 2 heterocycles. The molecule has 1 aliphatic heterocycles. The molecule has 0 radical (unpaired) electrons. The molecule has 0 N–H and O–H groups in total. The Kier molecular flexibility index (Phi) is 4.51. The predicted octanol–water partition coefficient (Wildman–Crippen LogP) is 2.87. The van der Waals surface area contributed by atoms with Crippen molar-refractivity contribution in [1.82, 2.24) is 15.1 Å². The predicted molar refractivity (Wildman–Crippen MR) is 88.4 cm³/mol. The number of halogens is 1.